The van der Waals surface area contributed by atoms with Gasteiger partial charge >= 0.3 is 208 Å². The van der Waals surface area contributed by atoms with E-state index in [4.69, 9.17) is 4.52 Å². The molecule has 4 N–H and O–H groups in total. The van der Waals surface area contributed by atoms with Gasteiger partial charge in [-0.25, -0.2) is 0 Å². The molecule has 1 aromatic rings. The summed E-state index contributed by atoms with van der Waals surface area (Å²) < 4.78 is 35.5. The molecule has 0 aliphatic carbocycles. The molecule has 0 radical (unpaired) electrons. The van der Waals surface area contributed by atoms with Crippen molar-refractivity contribution in [1.29, 1.82) is 0 Å². The van der Waals surface area contributed by atoms with E-state index in [2.05, 4.69) is 35.6 Å². The molecule has 35 heavy (non-hydrogen) atoms. The Morgan fingerprint density at radius 3 is 2.46 bits per heavy atom. The van der Waals surface area contributed by atoms with Gasteiger partial charge in [-0.2, -0.15) is 0 Å². The molecular weight excluding hydrogens is 491 g/mol. The summed E-state index contributed by atoms with van der Waals surface area (Å²) in [6, 6.07) is 4.56. The van der Waals surface area contributed by atoms with E-state index in [0.29, 0.717) is 17.5 Å². The fourth-order valence-electron chi connectivity index (χ4n) is 4.25. The molecule has 0 saturated carbocycles. The zero-order chi connectivity index (χ0) is 26.6. The van der Waals surface area contributed by atoms with Crippen LogP contribution in [0.25, 0.3) is 0 Å². The van der Waals surface area contributed by atoms with Crippen LogP contribution in [0.1, 0.15) is 48.0 Å². The van der Waals surface area contributed by atoms with Gasteiger partial charge in [-0.3, -0.25) is 0 Å². The maximum atomic E-state index is 13.7. The first-order valence-corrected chi connectivity index (χ1v) is 15.1. The van der Waals surface area contributed by atoms with E-state index in [1.54, 1.807) is 11.0 Å². The Kier molecular flexibility index (Phi) is 7.07. The number of aliphatic hydroxyl groups is 1. The number of rotatable bonds is 7. The Morgan fingerprint density at radius 1 is 1.31 bits per heavy atom. The van der Waals surface area contributed by atoms with Crippen LogP contribution in [0.15, 0.2) is 34.3 Å². The van der Waals surface area contributed by atoms with Gasteiger partial charge in [0.15, 0.2) is 0 Å². The molecule has 3 rings (SSSR count). The predicted molar refractivity (Wildman–Crippen MR) is 142 cm³/mol. The summed E-state index contributed by atoms with van der Waals surface area (Å²) in [6.07, 6.45) is 1.76. The number of nitrogens with one attached hydrogen (secondary N) is 2. The molecule has 0 saturated heterocycles. The predicted octanol–water partition coefficient (Wildman–Crippen LogP) is 3.15. The molecule has 1 amide bonds. The number of hydrogen-bond donors (Lipinski definition) is 4. The molecule has 0 fully saturated rings. The Bertz CT molecular complexity index is 1210. The van der Waals surface area contributed by atoms with E-state index < -0.39 is 23.4 Å². The molecule has 12 heteroatoms. The molecule has 0 aromatic heterocycles. The van der Waals surface area contributed by atoms with E-state index in [1.807, 2.05) is 20.8 Å². The van der Waals surface area contributed by atoms with E-state index >= 15 is 0 Å². The van der Waals surface area contributed by atoms with E-state index in [0.717, 1.165) is 12.7 Å². The number of carbonyl (C=O) groups excluding carboxylic acids is 1. The van der Waals surface area contributed by atoms with Crippen molar-refractivity contribution < 1.29 is 27.7 Å². The first-order chi connectivity index (χ1) is 15.9. The minimum absolute atomic E-state index is 0.00192. The summed E-state index contributed by atoms with van der Waals surface area (Å²) in [5.41, 5.74) is -0.302. The van der Waals surface area contributed by atoms with Gasteiger partial charge in [0.25, 0.3) is 0 Å². The van der Waals surface area contributed by atoms with Crippen molar-refractivity contribution in [3.8, 4) is 0 Å². The first-order valence-electron chi connectivity index (χ1n) is 11.5. The molecule has 1 unspecified atom stereocenters. The Hall–Kier alpha value is -2.20. The molecule has 2 aliphatic heterocycles. The monoisotopic (exact) mass is 528 g/mol. The van der Waals surface area contributed by atoms with Gasteiger partial charge in [0.05, 0.1) is 0 Å². The second-order valence-corrected chi connectivity index (χ2v) is 15.0. The van der Waals surface area contributed by atoms with E-state index in [-0.39, 0.29) is 40.1 Å². The summed E-state index contributed by atoms with van der Waals surface area (Å²) in [5, 5.41) is 14.7. The zero-order valence-electron chi connectivity index (χ0n) is 21.6. The van der Waals surface area contributed by atoms with Crippen LogP contribution in [0.4, 0.5) is 11.4 Å². The fourth-order valence-corrected chi connectivity index (χ4v) is 6.55. The van der Waals surface area contributed by atoms with Gasteiger partial charge in [0, 0.05) is 0 Å². The van der Waals surface area contributed by atoms with Crippen LogP contribution >= 0.6 is 7.87 Å². The molecule has 2 aliphatic rings. The van der Waals surface area contributed by atoms with Gasteiger partial charge < -0.3 is 0 Å². The minimum atomic E-state index is -4.00. The second kappa shape index (κ2) is 9.03. The van der Waals surface area contributed by atoms with E-state index in [1.165, 1.54) is 19.2 Å². The molecule has 196 valence electrons. The van der Waals surface area contributed by atoms with Crippen molar-refractivity contribution in [3.05, 3.63) is 29.5 Å². The normalized spacial score (nSPS) is 23.2. The molecule has 1 atom stereocenters. The Labute approximate surface area is 208 Å². The number of aliphatic hydroxyl groups excluding tert-OH is 1. The zero-order valence-corrected chi connectivity index (χ0v) is 23.4. The number of benzene rings is 1. The van der Waals surface area contributed by atoms with E-state index in [9.17, 15) is 23.2 Å². The van der Waals surface area contributed by atoms with Gasteiger partial charge in [0.1, 0.15) is 0 Å². The third kappa shape index (κ3) is 5.18. The number of amides is 1. The quantitative estimate of drug-likeness (QED) is 0.399. The van der Waals surface area contributed by atoms with Gasteiger partial charge in [-0.1, -0.05) is 0 Å². The average Bonchev–Trinajstić information content (AvgIpc) is 2.91. The number of amidine groups is 1. The van der Waals surface area contributed by atoms with Crippen LogP contribution in [0.3, 0.4) is 0 Å². The Morgan fingerprint density at radius 2 is 1.94 bits per heavy atom. The van der Waals surface area contributed by atoms with Gasteiger partial charge in [0.2, 0.25) is 0 Å². The van der Waals surface area contributed by atoms with Crippen molar-refractivity contribution in [2.45, 2.75) is 53.5 Å². The van der Waals surface area contributed by atoms with Crippen LogP contribution < -0.4 is 15.3 Å². The molecule has 10 nitrogen and oxygen atoms in total. The van der Waals surface area contributed by atoms with Crippen molar-refractivity contribution in [3.63, 3.8) is 0 Å². The topological polar surface area (TPSA) is 141 Å². The first kappa shape index (κ1) is 27.4. The van der Waals surface area contributed by atoms with Gasteiger partial charge in [-0.15, -0.1) is 0 Å². The standard InChI is InChI=1S/C23H37N4O6PS/c1-14(2)23(6)19(28)18(21(29)27(23)12-11-22(3,4)5)20-24-16-10-9-15(26-35(8,31)32)13-17(16)34(30,25-20)33-7/h9-10,13-14,26,28,30,34H,11-12H2,1-8H3,(H,24,25). The molecule has 0 bridgehead atoms. The van der Waals surface area contributed by atoms with Crippen molar-refractivity contribution in [2.24, 2.45) is 16.1 Å². The summed E-state index contributed by atoms with van der Waals surface area (Å²) in [7, 11) is -6.23. The molecule has 0 spiro atoms. The van der Waals surface area contributed by atoms with Crippen LogP contribution in [-0.4, -0.2) is 60.5 Å². The summed E-state index contributed by atoms with van der Waals surface area (Å²) in [4.78, 5) is 26.7. The number of sulfonamides is 1. The third-order valence-corrected chi connectivity index (χ3v) is 9.47. The number of fused-ring (bicyclic) bond motifs is 1. The number of nitrogens with zero attached hydrogens (tertiary/aromatic N) is 2. The third-order valence-electron chi connectivity index (χ3n) is 6.66. The summed E-state index contributed by atoms with van der Waals surface area (Å²) in [5.74, 6) is -0.544. The van der Waals surface area contributed by atoms with Crippen molar-refractivity contribution in [2.75, 3.05) is 29.9 Å². The Balaban J connectivity index is 2.09. The maximum absolute atomic E-state index is 13.7. The van der Waals surface area contributed by atoms with Crippen LogP contribution in [0, 0.1) is 11.3 Å². The number of hydrogen-bond acceptors (Lipinski definition) is 8. The summed E-state index contributed by atoms with van der Waals surface area (Å²) in [6.45, 7) is 12.4. The van der Waals surface area contributed by atoms with Crippen LogP contribution in [-0.2, 0) is 19.3 Å². The molecule has 1 aromatic carbocycles. The average molecular weight is 529 g/mol. The van der Waals surface area contributed by atoms with Crippen LogP contribution in [0.2, 0.25) is 0 Å². The van der Waals surface area contributed by atoms with Crippen LogP contribution in [0.5, 0.6) is 0 Å². The van der Waals surface area contributed by atoms with Crippen molar-refractivity contribution in [1.82, 2.24) is 4.90 Å². The van der Waals surface area contributed by atoms with Crippen molar-refractivity contribution >= 4 is 46.3 Å². The number of anilines is 2. The van der Waals surface area contributed by atoms with Gasteiger partial charge in [-0.05, 0) is 0 Å². The second-order valence-electron chi connectivity index (χ2n) is 10.8. The SMILES string of the molecule is CO[PH]1(O)N=C(C2=C(O)C(C)(C(C)C)N(CCC(C)(C)C)C2=O)Nc2ccc(NS(C)(=O)=O)cc21. The molecular formula is C23H37N4O6PS. The summed E-state index contributed by atoms with van der Waals surface area (Å²) >= 11 is 0. The fraction of sp³-hybridized carbons (Fsp3) is 0.565. The molecule has 2 heterocycles. The number of carbonyl (C=O) groups is 1.